The minimum absolute atomic E-state index is 0.678. The number of aryl methyl sites for hydroxylation is 1. The molecule has 0 radical (unpaired) electrons. The van der Waals surface area contributed by atoms with E-state index in [0.29, 0.717) is 5.92 Å². The van der Waals surface area contributed by atoms with Crippen molar-refractivity contribution in [1.29, 1.82) is 0 Å². The molecule has 0 amide bonds. The number of nitrogens with zero attached hydrogens (tertiary/aromatic N) is 1. The molecule has 78 valence electrons. The van der Waals surface area contributed by atoms with Gasteiger partial charge < -0.3 is 4.98 Å². The fourth-order valence-corrected chi connectivity index (χ4v) is 2.54. The van der Waals surface area contributed by atoms with Gasteiger partial charge in [0, 0.05) is 5.92 Å². The van der Waals surface area contributed by atoms with E-state index < -0.39 is 0 Å². The fourth-order valence-electron chi connectivity index (χ4n) is 2.54. The molecule has 1 aliphatic carbocycles. The van der Waals surface area contributed by atoms with E-state index >= 15 is 0 Å². The molecule has 0 unspecified atom stereocenters. The minimum atomic E-state index is 0.678. The number of fused-ring (bicyclic) bond motifs is 1. The quantitative estimate of drug-likeness (QED) is 0.749. The molecule has 1 aromatic heterocycles. The lowest BCUT2D eigenvalue weighted by molar-refractivity contribution is 0.681. The van der Waals surface area contributed by atoms with Crippen molar-refractivity contribution in [2.45, 2.75) is 38.5 Å². The summed E-state index contributed by atoms with van der Waals surface area (Å²) in [6, 6.07) is 6.42. The van der Waals surface area contributed by atoms with Crippen molar-refractivity contribution in [3.05, 3.63) is 29.6 Å². The second-order valence-corrected chi connectivity index (χ2v) is 4.62. The number of H-pyrrole nitrogens is 1. The zero-order valence-corrected chi connectivity index (χ0v) is 9.09. The first-order valence-corrected chi connectivity index (χ1v) is 5.79. The highest BCUT2D eigenvalue weighted by atomic mass is 14.9. The number of hydrogen-bond acceptors (Lipinski definition) is 1. The molecule has 1 N–H and O–H groups in total. The molecule has 2 nitrogen and oxygen atoms in total. The average molecular weight is 200 g/mol. The van der Waals surface area contributed by atoms with Gasteiger partial charge in [-0.3, -0.25) is 0 Å². The van der Waals surface area contributed by atoms with Gasteiger partial charge in [-0.05, 0) is 37.5 Å². The molecular weight excluding hydrogens is 184 g/mol. The number of benzene rings is 1. The largest absolute Gasteiger partial charge is 0.342 e. The van der Waals surface area contributed by atoms with E-state index in [4.69, 9.17) is 0 Å². The highest BCUT2D eigenvalue weighted by molar-refractivity contribution is 5.75. The Morgan fingerprint density at radius 1 is 1.27 bits per heavy atom. The number of imidazole rings is 1. The molecule has 1 fully saturated rings. The van der Waals surface area contributed by atoms with Gasteiger partial charge in [-0.2, -0.15) is 0 Å². The molecule has 3 rings (SSSR count). The molecule has 0 bridgehead atoms. The molecule has 1 saturated carbocycles. The molecule has 0 saturated heterocycles. The van der Waals surface area contributed by atoms with E-state index in [2.05, 4.69) is 35.1 Å². The van der Waals surface area contributed by atoms with Gasteiger partial charge in [0.15, 0.2) is 0 Å². The Hall–Kier alpha value is -1.31. The summed E-state index contributed by atoms with van der Waals surface area (Å²) in [5, 5.41) is 0. The third-order valence-corrected chi connectivity index (χ3v) is 3.40. The monoisotopic (exact) mass is 200 g/mol. The SMILES string of the molecule is Cc1ccc2nc(C3CCCC3)[nH]c2c1. The van der Waals surface area contributed by atoms with Gasteiger partial charge in [0.1, 0.15) is 5.82 Å². The lowest BCUT2D eigenvalue weighted by Crippen LogP contribution is -1.93. The Morgan fingerprint density at radius 3 is 2.87 bits per heavy atom. The van der Waals surface area contributed by atoms with E-state index in [1.807, 2.05) is 0 Å². The normalized spacial score (nSPS) is 17.7. The second kappa shape index (κ2) is 3.37. The van der Waals surface area contributed by atoms with Crippen molar-refractivity contribution in [2.75, 3.05) is 0 Å². The Balaban J connectivity index is 2.05. The molecule has 1 heterocycles. The highest BCUT2D eigenvalue weighted by Crippen LogP contribution is 2.33. The van der Waals surface area contributed by atoms with Crippen LogP contribution < -0.4 is 0 Å². The first-order chi connectivity index (χ1) is 7.33. The van der Waals surface area contributed by atoms with Gasteiger partial charge in [-0.1, -0.05) is 18.9 Å². The van der Waals surface area contributed by atoms with Crippen LogP contribution in [0.5, 0.6) is 0 Å². The van der Waals surface area contributed by atoms with E-state index in [1.165, 1.54) is 42.6 Å². The van der Waals surface area contributed by atoms with Gasteiger partial charge in [-0.25, -0.2) is 4.98 Å². The Labute approximate surface area is 89.7 Å². The Bertz CT molecular complexity index is 478. The van der Waals surface area contributed by atoms with E-state index in [0.717, 1.165) is 5.52 Å². The molecule has 15 heavy (non-hydrogen) atoms. The van der Waals surface area contributed by atoms with Gasteiger partial charge in [0.25, 0.3) is 0 Å². The summed E-state index contributed by atoms with van der Waals surface area (Å²) >= 11 is 0. The van der Waals surface area contributed by atoms with Crippen LogP contribution in [0, 0.1) is 6.92 Å². The zero-order chi connectivity index (χ0) is 10.3. The first kappa shape index (κ1) is 8.96. The van der Waals surface area contributed by atoms with Crippen molar-refractivity contribution in [3.8, 4) is 0 Å². The molecule has 0 spiro atoms. The van der Waals surface area contributed by atoms with Crippen LogP contribution in [-0.2, 0) is 0 Å². The summed E-state index contributed by atoms with van der Waals surface area (Å²) in [6.07, 6.45) is 5.33. The molecule has 0 aliphatic heterocycles. The van der Waals surface area contributed by atoms with E-state index in [1.54, 1.807) is 0 Å². The van der Waals surface area contributed by atoms with Crippen molar-refractivity contribution >= 4 is 11.0 Å². The van der Waals surface area contributed by atoms with Crippen LogP contribution in [0.15, 0.2) is 18.2 Å². The van der Waals surface area contributed by atoms with Crippen molar-refractivity contribution in [1.82, 2.24) is 9.97 Å². The number of aromatic amines is 1. The van der Waals surface area contributed by atoms with Crippen LogP contribution in [0.3, 0.4) is 0 Å². The maximum Gasteiger partial charge on any atom is 0.110 e. The second-order valence-electron chi connectivity index (χ2n) is 4.62. The smallest absolute Gasteiger partial charge is 0.110 e. The third kappa shape index (κ3) is 1.54. The summed E-state index contributed by atoms with van der Waals surface area (Å²) in [7, 11) is 0. The summed E-state index contributed by atoms with van der Waals surface area (Å²) in [5.41, 5.74) is 3.60. The van der Waals surface area contributed by atoms with Crippen molar-refractivity contribution in [3.63, 3.8) is 0 Å². The molecule has 2 aromatic rings. The fraction of sp³-hybridized carbons (Fsp3) is 0.462. The summed E-state index contributed by atoms with van der Waals surface area (Å²) in [4.78, 5) is 8.15. The van der Waals surface area contributed by atoms with Crippen LogP contribution in [-0.4, -0.2) is 9.97 Å². The first-order valence-electron chi connectivity index (χ1n) is 5.79. The van der Waals surface area contributed by atoms with Crippen LogP contribution in [0.2, 0.25) is 0 Å². The Kier molecular flexibility index (Phi) is 2.01. The van der Waals surface area contributed by atoms with Crippen LogP contribution in [0.1, 0.15) is 43.0 Å². The maximum atomic E-state index is 4.68. The zero-order valence-electron chi connectivity index (χ0n) is 9.09. The molecular formula is C13H16N2. The van der Waals surface area contributed by atoms with E-state index in [9.17, 15) is 0 Å². The summed E-state index contributed by atoms with van der Waals surface area (Å²) in [6.45, 7) is 2.12. The number of aromatic nitrogens is 2. The number of hydrogen-bond donors (Lipinski definition) is 1. The van der Waals surface area contributed by atoms with E-state index in [-0.39, 0.29) is 0 Å². The molecule has 0 atom stereocenters. The topological polar surface area (TPSA) is 28.7 Å². The highest BCUT2D eigenvalue weighted by Gasteiger charge is 2.19. The molecule has 1 aliphatic rings. The van der Waals surface area contributed by atoms with Gasteiger partial charge in [0.2, 0.25) is 0 Å². The lowest BCUT2D eigenvalue weighted by atomic mass is 10.1. The standard InChI is InChI=1S/C13H16N2/c1-9-6-7-11-12(8-9)15-13(14-11)10-4-2-3-5-10/h6-8,10H,2-5H2,1H3,(H,14,15). The third-order valence-electron chi connectivity index (χ3n) is 3.40. The van der Waals surface area contributed by atoms with Crippen LogP contribution in [0.4, 0.5) is 0 Å². The van der Waals surface area contributed by atoms with Crippen LogP contribution in [0.25, 0.3) is 11.0 Å². The van der Waals surface area contributed by atoms with Crippen molar-refractivity contribution in [2.24, 2.45) is 0 Å². The summed E-state index contributed by atoms with van der Waals surface area (Å²) in [5.74, 6) is 1.88. The minimum Gasteiger partial charge on any atom is -0.342 e. The average Bonchev–Trinajstić information content (AvgIpc) is 2.84. The van der Waals surface area contributed by atoms with Crippen LogP contribution >= 0.6 is 0 Å². The van der Waals surface area contributed by atoms with Gasteiger partial charge in [-0.15, -0.1) is 0 Å². The lowest BCUT2D eigenvalue weighted by Gasteiger charge is -2.02. The number of nitrogens with one attached hydrogen (secondary N) is 1. The summed E-state index contributed by atoms with van der Waals surface area (Å²) < 4.78 is 0. The number of rotatable bonds is 1. The Morgan fingerprint density at radius 2 is 2.07 bits per heavy atom. The predicted octanol–water partition coefficient (Wildman–Crippen LogP) is 3.53. The maximum absolute atomic E-state index is 4.68. The van der Waals surface area contributed by atoms with Gasteiger partial charge >= 0.3 is 0 Å². The predicted molar refractivity (Wildman–Crippen MR) is 62.0 cm³/mol. The van der Waals surface area contributed by atoms with Crippen molar-refractivity contribution < 1.29 is 0 Å². The van der Waals surface area contributed by atoms with Gasteiger partial charge in [0.05, 0.1) is 11.0 Å². The molecule has 1 aromatic carbocycles. The molecule has 2 heteroatoms.